The second-order valence-corrected chi connectivity index (χ2v) is 9.04. The number of amides is 1. The van der Waals surface area contributed by atoms with E-state index in [1.807, 2.05) is 20.8 Å². The lowest BCUT2D eigenvalue weighted by atomic mass is 9.93. The van der Waals surface area contributed by atoms with Crippen LogP contribution in [-0.4, -0.2) is 62.0 Å². The molecule has 1 unspecified atom stereocenters. The van der Waals surface area contributed by atoms with Crippen LogP contribution in [0.25, 0.3) is 0 Å². The Morgan fingerprint density at radius 1 is 1.39 bits per heavy atom. The van der Waals surface area contributed by atoms with Crippen LogP contribution in [0.5, 0.6) is 0 Å². The van der Waals surface area contributed by atoms with Crippen molar-refractivity contribution in [1.82, 2.24) is 9.21 Å². The Morgan fingerprint density at radius 3 is 2.52 bits per heavy atom. The number of hydrogen-bond donors (Lipinski definition) is 1. The van der Waals surface area contributed by atoms with E-state index < -0.39 is 16.1 Å². The van der Waals surface area contributed by atoms with Crippen LogP contribution in [0.2, 0.25) is 0 Å². The van der Waals surface area contributed by atoms with Crippen LogP contribution in [0.3, 0.4) is 0 Å². The number of rotatable bonds is 8. The third kappa shape index (κ3) is 6.21. The minimum Gasteiger partial charge on any atom is -0.344 e. The fourth-order valence-corrected chi connectivity index (χ4v) is 4.68. The van der Waals surface area contributed by atoms with Crippen molar-refractivity contribution in [2.45, 2.75) is 52.5 Å². The molecule has 0 saturated carbocycles. The molecule has 0 aromatic rings. The largest absolute Gasteiger partial charge is 0.344 e. The molecule has 0 aromatic heterocycles. The fourth-order valence-electron chi connectivity index (χ4n) is 2.80. The highest BCUT2D eigenvalue weighted by molar-refractivity contribution is 7.89. The van der Waals surface area contributed by atoms with Gasteiger partial charge in [0.25, 0.3) is 0 Å². The van der Waals surface area contributed by atoms with Crippen molar-refractivity contribution < 1.29 is 13.2 Å². The highest BCUT2D eigenvalue weighted by Crippen LogP contribution is 2.24. The minimum atomic E-state index is -3.34. The van der Waals surface area contributed by atoms with E-state index in [0.717, 1.165) is 12.8 Å². The molecule has 2 N–H and O–H groups in total. The molecule has 1 heterocycles. The van der Waals surface area contributed by atoms with E-state index in [1.54, 1.807) is 11.9 Å². The minimum absolute atomic E-state index is 0. The molecule has 0 aliphatic carbocycles. The number of carbonyl (C=O) groups excluding carboxylic acids is 1. The van der Waals surface area contributed by atoms with Gasteiger partial charge in [0.2, 0.25) is 15.9 Å². The molecule has 1 aliphatic heterocycles. The summed E-state index contributed by atoms with van der Waals surface area (Å²) in [5, 5.41) is 0. The lowest BCUT2D eigenvalue weighted by Gasteiger charge is -2.32. The number of nitrogens with two attached hydrogens (primary N) is 1. The lowest BCUT2D eigenvalue weighted by Crippen LogP contribution is -2.49. The molecular weight excluding hydrogens is 338 g/mol. The summed E-state index contributed by atoms with van der Waals surface area (Å²) >= 11 is 0. The first-order chi connectivity index (χ1) is 10.1. The Labute approximate surface area is 147 Å². The molecule has 1 amide bonds. The average Bonchev–Trinajstić information content (AvgIpc) is 2.94. The number of unbranched alkanes of at least 4 members (excludes halogenated alkanes) is 1. The Hall–Kier alpha value is -0.370. The van der Waals surface area contributed by atoms with Crippen molar-refractivity contribution in [2.24, 2.45) is 11.1 Å². The first kappa shape index (κ1) is 22.6. The van der Waals surface area contributed by atoms with Crippen molar-refractivity contribution >= 4 is 28.3 Å². The number of likely N-dealkylation sites (N-methyl/N-ethyl adjacent to an activating group) is 1. The Morgan fingerprint density at radius 2 is 2.00 bits per heavy atom. The van der Waals surface area contributed by atoms with Gasteiger partial charge in [-0.05, 0) is 31.2 Å². The molecule has 138 valence electrons. The molecule has 1 aliphatic rings. The van der Waals surface area contributed by atoms with Gasteiger partial charge in [-0.2, -0.15) is 4.31 Å². The van der Waals surface area contributed by atoms with Gasteiger partial charge < -0.3 is 10.6 Å². The fraction of sp³-hybridized carbons (Fsp3) is 0.933. The zero-order valence-corrected chi connectivity index (χ0v) is 16.4. The summed E-state index contributed by atoms with van der Waals surface area (Å²) in [6.07, 6.45) is 2.82. The quantitative estimate of drug-likeness (QED) is 0.701. The normalized spacial score (nSPS) is 19.4. The van der Waals surface area contributed by atoms with E-state index in [1.165, 1.54) is 4.31 Å². The van der Waals surface area contributed by atoms with Crippen LogP contribution >= 0.6 is 12.4 Å². The van der Waals surface area contributed by atoms with Gasteiger partial charge in [-0.25, -0.2) is 8.42 Å². The average molecular weight is 370 g/mol. The molecule has 1 atom stereocenters. The molecule has 0 spiro atoms. The molecule has 0 bridgehead atoms. The lowest BCUT2D eigenvalue weighted by molar-refractivity contribution is -0.134. The zero-order chi connectivity index (χ0) is 17.0. The maximum absolute atomic E-state index is 12.6. The van der Waals surface area contributed by atoms with E-state index in [0.29, 0.717) is 32.5 Å². The van der Waals surface area contributed by atoms with Crippen LogP contribution in [0, 0.1) is 5.41 Å². The molecule has 1 saturated heterocycles. The van der Waals surface area contributed by atoms with Gasteiger partial charge in [0, 0.05) is 20.1 Å². The second-order valence-electron chi connectivity index (χ2n) is 7.00. The van der Waals surface area contributed by atoms with E-state index >= 15 is 0 Å². The smallest absolute Gasteiger partial charge is 0.240 e. The summed E-state index contributed by atoms with van der Waals surface area (Å²) in [5.74, 6) is 0.0183. The number of nitrogens with zero attached hydrogens (tertiary/aromatic N) is 2. The van der Waals surface area contributed by atoms with Crippen LogP contribution < -0.4 is 5.73 Å². The Kier molecular flexibility index (Phi) is 9.05. The first-order valence-electron chi connectivity index (χ1n) is 8.09. The Balaban J connectivity index is 0.00000484. The predicted molar refractivity (Wildman–Crippen MR) is 96.1 cm³/mol. The van der Waals surface area contributed by atoms with Gasteiger partial charge >= 0.3 is 0 Å². The third-order valence-electron chi connectivity index (χ3n) is 4.20. The van der Waals surface area contributed by atoms with Crippen LogP contribution in [0.1, 0.15) is 46.5 Å². The zero-order valence-electron chi connectivity index (χ0n) is 14.7. The predicted octanol–water partition coefficient (Wildman–Crippen LogP) is 1.45. The summed E-state index contributed by atoms with van der Waals surface area (Å²) in [5.41, 5.74) is 5.54. The molecule has 8 heteroatoms. The monoisotopic (exact) mass is 369 g/mol. The van der Waals surface area contributed by atoms with E-state index in [4.69, 9.17) is 5.73 Å². The molecule has 1 rings (SSSR count). The number of hydrogen-bond acceptors (Lipinski definition) is 4. The Bertz CT molecular complexity index is 482. The molecule has 0 radical (unpaired) electrons. The maximum atomic E-state index is 12.6. The number of carbonyl (C=O) groups is 1. The highest BCUT2D eigenvalue weighted by Gasteiger charge is 2.39. The first-order valence-corrected chi connectivity index (χ1v) is 9.70. The second kappa shape index (κ2) is 9.20. The SMILES string of the molecule is CCCCS(=O)(=O)N1CCCC1C(=O)N(C)CC(C)(C)CN.Cl. The van der Waals surface area contributed by atoms with Gasteiger partial charge in [-0.1, -0.05) is 27.2 Å². The van der Waals surface area contributed by atoms with Gasteiger partial charge in [0.1, 0.15) is 6.04 Å². The maximum Gasteiger partial charge on any atom is 0.240 e. The van der Waals surface area contributed by atoms with Crippen molar-refractivity contribution in [2.75, 3.05) is 32.4 Å². The summed E-state index contributed by atoms with van der Waals surface area (Å²) in [6, 6.07) is -0.541. The summed E-state index contributed by atoms with van der Waals surface area (Å²) in [7, 11) is -1.61. The van der Waals surface area contributed by atoms with Gasteiger partial charge in [-0.15, -0.1) is 12.4 Å². The van der Waals surface area contributed by atoms with E-state index in [2.05, 4.69) is 0 Å². The van der Waals surface area contributed by atoms with Gasteiger partial charge in [0.05, 0.1) is 5.75 Å². The van der Waals surface area contributed by atoms with Crippen molar-refractivity contribution in [3.63, 3.8) is 0 Å². The van der Waals surface area contributed by atoms with Crippen LogP contribution in [0.4, 0.5) is 0 Å². The molecule has 1 fully saturated rings. The molecular formula is C15H32ClN3O3S. The molecule has 23 heavy (non-hydrogen) atoms. The van der Waals surface area contributed by atoms with E-state index in [9.17, 15) is 13.2 Å². The number of sulfonamides is 1. The van der Waals surface area contributed by atoms with Crippen molar-refractivity contribution in [3.8, 4) is 0 Å². The third-order valence-corrected chi connectivity index (χ3v) is 6.15. The van der Waals surface area contributed by atoms with E-state index in [-0.39, 0.29) is 29.5 Å². The molecule has 6 nitrogen and oxygen atoms in total. The summed E-state index contributed by atoms with van der Waals surface area (Å²) in [6.45, 7) is 7.43. The highest BCUT2D eigenvalue weighted by atomic mass is 35.5. The van der Waals surface area contributed by atoms with Crippen LogP contribution in [-0.2, 0) is 14.8 Å². The van der Waals surface area contributed by atoms with Crippen molar-refractivity contribution in [3.05, 3.63) is 0 Å². The summed E-state index contributed by atoms with van der Waals surface area (Å²) in [4.78, 5) is 14.3. The summed E-state index contributed by atoms with van der Waals surface area (Å²) < 4.78 is 26.2. The molecule has 0 aromatic carbocycles. The standard InChI is InChI=1S/C15H31N3O3S.ClH/c1-5-6-10-22(20,21)18-9-7-8-13(18)14(19)17(4)12-15(2,3)11-16;/h13H,5-12,16H2,1-4H3;1H. The van der Waals surface area contributed by atoms with Crippen molar-refractivity contribution in [1.29, 1.82) is 0 Å². The van der Waals surface area contributed by atoms with Crippen LogP contribution in [0.15, 0.2) is 0 Å². The topological polar surface area (TPSA) is 83.7 Å². The van der Waals surface area contributed by atoms with Gasteiger partial charge in [-0.3, -0.25) is 4.79 Å². The number of halogens is 1. The van der Waals surface area contributed by atoms with Gasteiger partial charge in [0.15, 0.2) is 0 Å².